The molecule has 62 heavy (non-hydrogen) atoms. The second kappa shape index (κ2) is 13.1. The fourth-order valence-corrected chi connectivity index (χ4v) is 10.1. The summed E-state index contributed by atoms with van der Waals surface area (Å²) in [5, 5.41) is 8.67. The number of furan rings is 2. The van der Waals surface area contributed by atoms with Gasteiger partial charge in [-0.15, -0.1) is 0 Å². The lowest BCUT2D eigenvalue weighted by atomic mass is 9.89. The number of nitrogens with one attached hydrogen (secondary N) is 2. The number of benzene rings is 9. The zero-order valence-corrected chi connectivity index (χ0v) is 33.8. The standard InChI is InChI=1S/C56H36N2O4/c1-59-45-27-39-33-19-9-11-25-43(33)61-47(39)29-41(45)35-21-13-23-37-51-49(31-15-5-3-6-16-31)56-52(50(55(51)57-53(35)37)32-17-7-4-8-18-32)38-24-14-22-36(54(38)58-56)42-30-48-40(28-46(42)60-2)34-20-10-12-26-44(34)62-48/h3-30,57-58H,1-2H3. The second-order valence-corrected chi connectivity index (χ2v) is 16.0. The van der Waals surface area contributed by atoms with Gasteiger partial charge in [0, 0.05) is 76.5 Å². The number of methoxy groups -OCH3 is 2. The Morgan fingerprint density at radius 1 is 0.339 bits per heavy atom. The van der Waals surface area contributed by atoms with Crippen molar-refractivity contribution < 1.29 is 18.3 Å². The van der Waals surface area contributed by atoms with Crippen LogP contribution in [-0.2, 0) is 0 Å². The van der Waals surface area contributed by atoms with Crippen LogP contribution in [0.3, 0.4) is 0 Å². The summed E-state index contributed by atoms with van der Waals surface area (Å²) in [5.41, 5.74) is 15.9. The normalized spacial score (nSPS) is 12.0. The summed E-state index contributed by atoms with van der Waals surface area (Å²) in [5.74, 6) is 1.56. The number of hydrogen-bond acceptors (Lipinski definition) is 4. The number of ether oxygens (including phenoxy) is 2. The SMILES string of the molecule is COc1cc2c(cc1-c1cccc3c1[nH]c1c(-c4ccccc4)c4c([nH]c5c(-c6cc7oc8ccccc8c7cc6OC)cccc54)c(-c4ccccc4)c13)oc1ccccc12. The average molecular weight is 801 g/mol. The van der Waals surface area contributed by atoms with Gasteiger partial charge in [-0.25, -0.2) is 0 Å². The van der Waals surface area contributed by atoms with Crippen molar-refractivity contribution in [1.82, 2.24) is 9.97 Å². The van der Waals surface area contributed by atoms with Crippen molar-refractivity contribution in [3.63, 3.8) is 0 Å². The summed E-state index contributed by atoms with van der Waals surface area (Å²) in [6, 6.07) is 59.4. The quantitative estimate of drug-likeness (QED) is 0.176. The molecule has 0 saturated heterocycles. The third kappa shape index (κ3) is 4.86. The molecule has 6 heteroatoms. The van der Waals surface area contributed by atoms with Gasteiger partial charge in [-0.05, 0) is 47.5 Å². The Kier molecular flexibility index (Phi) is 7.34. The summed E-state index contributed by atoms with van der Waals surface area (Å²) in [6.45, 7) is 0. The molecule has 0 bridgehead atoms. The van der Waals surface area contributed by atoms with Crippen LogP contribution in [0, 0.1) is 0 Å². The van der Waals surface area contributed by atoms with Crippen LogP contribution >= 0.6 is 0 Å². The summed E-state index contributed by atoms with van der Waals surface area (Å²) in [4.78, 5) is 8.12. The van der Waals surface area contributed by atoms with Crippen molar-refractivity contribution in [3.8, 4) is 56.0 Å². The van der Waals surface area contributed by atoms with E-state index >= 15 is 0 Å². The van der Waals surface area contributed by atoms with E-state index in [1.165, 1.54) is 0 Å². The minimum absolute atomic E-state index is 0.781. The predicted molar refractivity (Wildman–Crippen MR) is 255 cm³/mol. The fourth-order valence-electron chi connectivity index (χ4n) is 10.1. The number of rotatable bonds is 6. The minimum Gasteiger partial charge on any atom is -0.496 e. The van der Waals surface area contributed by atoms with E-state index in [1.807, 2.05) is 36.4 Å². The molecule has 0 radical (unpaired) electrons. The molecule has 4 aromatic heterocycles. The first-order chi connectivity index (χ1) is 30.7. The Labute approximate surface area is 354 Å². The van der Waals surface area contributed by atoms with E-state index in [0.29, 0.717) is 0 Å². The fraction of sp³-hybridized carbons (Fsp3) is 0.0357. The van der Waals surface area contributed by atoms with Crippen LogP contribution in [0.1, 0.15) is 0 Å². The average Bonchev–Trinajstić information content (AvgIpc) is 4.10. The summed E-state index contributed by atoms with van der Waals surface area (Å²) in [6.07, 6.45) is 0. The van der Waals surface area contributed by atoms with Gasteiger partial charge in [0.05, 0.1) is 36.3 Å². The number of para-hydroxylation sites is 4. The lowest BCUT2D eigenvalue weighted by Gasteiger charge is -2.13. The Hall–Kier alpha value is -8.22. The number of H-pyrrole nitrogens is 2. The van der Waals surface area contributed by atoms with E-state index in [9.17, 15) is 0 Å². The third-order valence-electron chi connectivity index (χ3n) is 12.8. The van der Waals surface area contributed by atoms with E-state index in [4.69, 9.17) is 18.3 Å². The van der Waals surface area contributed by atoms with Crippen LogP contribution < -0.4 is 9.47 Å². The molecule has 13 rings (SSSR count). The first-order valence-corrected chi connectivity index (χ1v) is 20.8. The smallest absolute Gasteiger partial charge is 0.136 e. The van der Waals surface area contributed by atoms with E-state index in [1.54, 1.807) is 14.2 Å². The van der Waals surface area contributed by atoms with E-state index in [-0.39, 0.29) is 0 Å². The topological polar surface area (TPSA) is 76.3 Å². The largest absolute Gasteiger partial charge is 0.496 e. The zero-order chi connectivity index (χ0) is 41.1. The molecule has 0 fully saturated rings. The van der Waals surface area contributed by atoms with Crippen molar-refractivity contribution in [2.75, 3.05) is 14.2 Å². The third-order valence-corrected chi connectivity index (χ3v) is 12.8. The van der Waals surface area contributed by atoms with Gasteiger partial charge in [-0.2, -0.15) is 0 Å². The first kappa shape index (κ1) is 34.6. The molecule has 0 aliphatic carbocycles. The molecule has 0 aliphatic heterocycles. The molecule has 0 atom stereocenters. The summed E-state index contributed by atoms with van der Waals surface area (Å²) < 4.78 is 25.2. The monoisotopic (exact) mass is 800 g/mol. The van der Waals surface area contributed by atoms with Gasteiger partial charge in [0.15, 0.2) is 0 Å². The van der Waals surface area contributed by atoms with Crippen LogP contribution in [0.25, 0.3) is 132 Å². The van der Waals surface area contributed by atoms with E-state index in [2.05, 4.69) is 143 Å². The van der Waals surface area contributed by atoms with E-state index in [0.717, 1.165) is 143 Å². The maximum absolute atomic E-state index is 6.43. The van der Waals surface area contributed by atoms with Gasteiger partial charge in [-0.1, -0.05) is 133 Å². The molecule has 2 N–H and O–H groups in total. The maximum Gasteiger partial charge on any atom is 0.136 e. The highest BCUT2D eigenvalue weighted by Gasteiger charge is 2.27. The Bertz CT molecular complexity index is 3680. The zero-order valence-electron chi connectivity index (χ0n) is 33.8. The van der Waals surface area contributed by atoms with Crippen molar-refractivity contribution in [1.29, 1.82) is 0 Å². The highest BCUT2D eigenvalue weighted by Crippen LogP contribution is 2.52. The Balaban J connectivity index is 1.16. The van der Waals surface area contributed by atoms with Gasteiger partial charge in [-0.3, -0.25) is 0 Å². The number of aromatic amines is 2. The van der Waals surface area contributed by atoms with Crippen molar-refractivity contribution in [3.05, 3.63) is 170 Å². The maximum atomic E-state index is 6.43. The van der Waals surface area contributed by atoms with Crippen LogP contribution in [-0.4, -0.2) is 24.2 Å². The Morgan fingerprint density at radius 2 is 0.742 bits per heavy atom. The minimum atomic E-state index is 0.781. The van der Waals surface area contributed by atoms with Crippen molar-refractivity contribution >= 4 is 87.5 Å². The molecule has 13 aromatic rings. The predicted octanol–water partition coefficient (Wildman–Crippen LogP) is 15.4. The molecule has 0 aliphatic rings. The van der Waals surface area contributed by atoms with Crippen LogP contribution in [0.5, 0.6) is 11.5 Å². The molecule has 6 nitrogen and oxygen atoms in total. The molecule has 0 spiro atoms. The van der Waals surface area contributed by atoms with Gasteiger partial charge in [0.25, 0.3) is 0 Å². The number of hydrogen-bond donors (Lipinski definition) is 2. The molecule has 0 unspecified atom stereocenters. The van der Waals surface area contributed by atoms with Crippen LogP contribution in [0.2, 0.25) is 0 Å². The first-order valence-electron chi connectivity index (χ1n) is 20.8. The van der Waals surface area contributed by atoms with Gasteiger partial charge in [0.1, 0.15) is 33.8 Å². The number of fused-ring (bicyclic) bond motifs is 12. The molecule has 294 valence electrons. The summed E-state index contributed by atoms with van der Waals surface area (Å²) in [7, 11) is 3.48. The summed E-state index contributed by atoms with van der Waals surface area (Å²) >= 11 is 0. The van der Waals surface area contributed by atoms with Gasteiger partial charge in [0.2, 0.25) is 0 Å². The highest BCUT2D eigenvalue weighted by atomic mass is 16.5. The molecule has 0 saturated carbocycles. The lowest BCUT2D eigenvalue weighted by molar-refractivity contribution is 0.417. The van der Waals surface area contributed by atoms with Crippen LogP contribution in [0.4, 0.5) is 0 Å². The van der Waals surface area contributed by atoms with Crippen molar-refractivity contribution in [2.45, 2.75) is 0 Å². The molecule has 9 aromatic carbocycles. The van der Waals surface area contributed by atoms with E-state index < -0.39 is 0 Å². The molecular weight excluding hydrogens is 765 g/mol. The van der Waals surface area contributed by atoms with Gasteiger partial charge >= 0.3 is 0 Å². The van der Waals surface area contributed by atoms with Crippen molar-refractivity contribution in [2.24, 2.45) is 0 Å². The highest BCUT2D eigenvalue weighted by molar-refractivity contribution is 6.33. The second-order valence-electron chi connectivity index (χ2n) is 16.0. The lowest BCUT2D eigenvalue weighted by Crippen LogP contribution is -1.89. The Morgan fingerprint density at radius 3 is 1.18 bits per heavy atom. The molecule has 0 amide bonds. The molecule has 4 heterocycles. The van der Waals surface area contributed by atoms with Gasteiger partial charge < -0.3 is 28.3 Å². The van der Waals surface area contributed by atoms with Crippen LogP contribution in [0.15, 0.2) is 179 Å². The number of aromatic nitrogens is 2. The molecular formula is C56H36N2O4.